The third-order valence-corrected chi connectivity index (χ3v) is 9.31. The van der Waals surface area contributed by atoms with Crippen molar-refractivity contribution in [3.8, 4) is 73.4 Å². The van der Waals surface area contributed by atoms with E-state index in [2.05, 4.69) is 109 Å². The van der Waals surface area contributed by atoms with E-state index in [0.717, 1.165) is 77.8 Å². The summed E-state index contributed by atoms with van der Waals surface area (Å²) < 4.78 is 6.17. The van der Waals surface area contributed by atoms with Crippen LogP contribution in [0.25, 0.3) is 89.2 Å². The van der Waals surface area contributed by atoms with Crippen LogP contribution in [0.5, 0.6) is 0 Å². The molecule has 51 heavy (non-hydrogen) atoms. The number of nitriles is 1. The van der Waals surface area contributed by atoms with Crippen molar-refractivity contribution in [2.75, 3.05) is 0 Å². The molecule has 0 amide bonds. The zero-order chi connectivity index (χ0) is 34.1. The predicted octanol–water partition coefficient (Wildman–Crippen LogP) is 12.2. The summed E-state index contributed by atoms with van der Waals surface area (Å²) in [6.07, 6.45) is 0. The highest BCUT2D eigenvalue weighted by atomic mass is 16.3. The van der Waals surface area contributed by atoms with Crippen molar-refractivity contribution >= 4 is 21.9 Å². The molecule has 2 aromatic heterocycles. The molecule has 0 N–H and O–H groups in total. The number of furan rings is 1. The van der Waals surface area contributed by atoms with Crippen molar-refractivity contribution in [3.63, 3.8) is 0 Å². The summed E-state index contributed by atoms with van der Waals surface area (Å²) in [7, 11) is 0. The second-order valence-corrected chi connectivity index (χ2v) is 12.6. The molecule has 2 heterocycles. The zero-order valence-corrected chi connectivity index (χ0v) is 27.5. The van der Waals surface area contributed by atoms with Gasteiger partial charge in [0.05, 0.1) is 23.0 Å². The van der Waals surface area contributed by atoms with Gasteiger partial charge in [0.25, 0.3) is 0 Å². The molecule has 0 aliphatic carbocycles. The van der Waals surface area contributed by atoms with Crippen LogP contribution in [0, 0.1) is 11.3 Å². The Labute approximate surface area is 295 Å². The fourth-order valence-corrected chi connectivity index (χ4v) is 6.70. The highest BCUT2D eigenvalue weighted by molar-refractivity contribution is 6.06. The molecular formula is C47H29N3O. The quantitative estimate of drug-likeness (QED) is 0.179. The molecule has 7 aromatic carbocycles. The van der Waals surface area contributed by atoms with Gasteiger partial charge in [-0.2, -0.15) is 5.26 Å². The van der Waals surface area contributed by atoms with E-state index in [1.165, 1.54) is 5.56 Å². The Kier molecular flexibility index (Phi) is 7.50. The van der Waals surface area contributed by atoms with Gasteiger partial charge in [-0.25, -0.2) is 9.97 Å². The molecule has 0 saturated carbocycles. The zero-order valence-electron chi connectivity index (χ0n) is 27.5. The average molecular weight is 652 g/mol. The molecule has 9 rings (SSSR count). The number of hydrogen-bond donors (Lipinski definition) is 0. The van der Waals surface area contributed by atoms with Crippen LogP contribution in [0.3, 0.4) is 0 Å². The summed E-state index contributed by atoms with van der Waals surface area (Å²) in [6, 6.07) is 62.3. The standard InChI is InChI=1S/C47H29N3O/c48-30-31-18-20-34(21-19-31)44-29-43(33-12-5-2-6-13-33)49-47(50-44)40-26-38(36-15-9-14-35(24-36)32-10-3-1-4-11-32)25-39(27-40)37-22-23-46-42(28-37)41-16-7-8-17-45(41)51-46/h1-29H. The monoisotopic (exact) mass is 651 g/mol. The van der Waals surface area contributed by atoms with Crippen LogP contribution in [0.1, 0.15) is 5.56 Å². The highest BCUT2D eigenvalue weighted by Crippen LogP contribution is 2.38. The third kappa shape index (κ3) is 5.84. The van der Waals surface area contributed by atoms with Crippen molar-refractivity contribution in [1.82, 2.24) is 9.97 Å². The smallest absolute Gasteiger partial charge is 0.160 e. The summed E-state index contributed by atoms with van der Waals surface area (Å²) >= 11 is 0. The molecule has 0 aliphatic rings. The molecule has 4 nitrogen and oxygen atoms in total. The average Bonchev–Trinajstić information content (AvgIpc) is 3.59. The highest BCUT2D eigenvalue weighted by Gasteiger charge is 2.15. The first-order valence-electron chi connectivity index (χ1n) is 16.9. The Bertz CT molecular complexity index is 2740. The van der Waals surface area contributed by atoms with E-state index in [4.69, 9.17) is 14.4 Å². The molecule has 9 aromatic rings. The summed E-state index contributed by atoms with van der Waals surface area (Å²) in [6.45, 7) is 0. The molecule has 0 bridgehead atoms. The Morgan fingerprint density at radius 1 is 0.373 bits per heavy atom. The van der Waals surface area contributed by atoms with E-state index < -0.39 is 0 Å². The van der Waals surface area contributed by atoms with Crippen LogP contribution in [-0.4, -0.2) is 9.97 Å². The van der Waals surface area contributed by atoms with Crippen LogP contribution < -0.4 is 0 Å². The molecular weight excluding hydrogens is 623 g/mol. The van der Waals surface area contributed by atoms with Crippen molar-refractivity contribution in [1.29, 1.82) is 5.26 Å². The molecule has 0 unspecified atom stereocenters. The molecule has 0 saturated heterocycles. The van der Waals surface area contributed by atoms with Gasteiger partial charge < -0.3 is 4.42 Å². The number of nitrogens with zero attached hydrogens (tertiary/aromatic N) is 3. The second kappa shape index (κ2) is 12.7. The predicted molar refractivity (Wildman–Crippen MR) is 207 cm³/mol. The number of rotatable bonds is 6. The van der Waals surface area contributed by atoms with E-state index in [1.807, 2.05) is 72.8 Å². The Balaban J connectivity index is 1.26. The number of fused-ring (bicyclic) bond motifs is 3. The van der Waals surface area contributed by atoms with E-state index in [-0.39, 0.29) is 0 Å². The van der Waals surface area contributed by atoms with Gasteiger partial charge in [0.2, 0.25) is 0 Å². The van der Waals surface area contributed by atoms with Crippen LogP contribution >= 0.6 is 0 Å². The fraction of sp³-hybridized carbons (Fsp3) is 0. The number of para-hydroxylation sites is 1. The maximum atomic E-state index is 9.42. The van der Waals surface area contributed by atoms with Gasteiger partial charge in [0.15, 0.2) is 5.82 Å². The minimum absolute atomic E-state index is 0.605. The first-order valence-corrected chi connectivity index (χ1v) is 16.9. The minimum atomic E-state index is 0.605. The van der Waals surface area contributed by atoms with Crippen LogP contribution in [0.2, 0.25) is 0 Å². The first kappa shape index (κ1) is 30.0. The molecule has 0 spiro atoms. The van der Waals surface area contributed by atoms with Gasteiger partial charge in [0, 0.05) is 27.5 Å². The van der Waals surface area contributed by atoms with Crippen molar-refractivity contribution in [3.05, 3.63) is 181 Å². The Hall–Kier alpha value is -7.09. The van der Waals surface area contributed by atoms with Crippen LogP contribution in [-0.2, 0) is 0 Å². The lowest BCUT2D eigenvalue weighted by molar-refractivity contribution is 0.669. The van der Waals surface area contributed by atoms with Gasteiger partial charge >= 0.3 is 0 Å². The Morgan fingerprint density at radius 2 is 0.882 bits per heavy atom. The minimum Gasteiger partial charge on any atom is -0.456 e. The van der Waals surface area contributed by atoms with Crippen LogP contribution in [0.15, 0.2) is 180 Å². The molecule has 4 heteroatoms. The summed E-state index contributed by atoms with van der Waals surface area (Å²) in [5.74, 6) is 0.618. The van der Waals surface area contributed by atoms with Crippen LogP contribution in [0.4, 0.5) is 0 Å². The van der Waals surface area contributed by atoms with Gasteiger partial charge in [-0.1, -0.05) is 115 Å². The topological polar surface area (TPSA) is 62.7 Å². The maximum Gasteiger partial charge on any atom is 0.160 e. The molecule has 238 valence electrons. The summed E-state index contributed by atoms with van der Waals surface area (Å²) in [5, 5.41) is 11.6. The Morgan fingerprint density at radius 3 is 1.59 bits per heavy atom. The summed E-state index contributed by atoms with van der Waals surface area (Å²) in [5.41, 5.74) is 13.4. The van der Waals surface area contributed by atoms with Gasteiger partial charge in [-0.15, -0.1) is 0 Å². The molecule has 0 fully saturated rings. The van der Waals surface area contributed by atoms with Gasteiger partial charge in [-0.3, -0.25) is 0 Å². The van der Waals surface area contributed by atoms with E-state index in [1.54, 1.807) is 0 Å². The summed E-state index contributed by atoms with van der Waals surface area (Å²) in [4.78, 5) is 10.3. The molecule has 0 radical (unpaired) electrons. The lowest BCUT2D eigenvalue weighted by Crippen LogP contribution is -1.97. The number of benzene rings is 7. The van der Waals surface area contributed by atoms with E-state index in [0.29, 0.717) is 11.4 Å². The first-order chi connectivity index (χ1) is 25.2. The van der Waals surface area contributed by atoms with Crippen molar-refractivity contribution < 1.29 is 4.42 Å². The second-order valence-electron chi connectivity index (χ2n) is 12.6. The van der Waals surface area contributed by atoms with E-state index in [9.17, 15) is 5.26 Å². The van der Waals surface area contributed by atoms with Crippen molar-refractivity contribution in [2.45, 2.75) is 0 Å². The fourth-order valence-electron chi connectivity index (χ4n) is 6.70. The largest absolute Gasteiger partial charge is 0.456 e. The lowest BCUT2D eigenvalue weighted by Gasteiger charge is -2.14. The van der Waals surface area contributed by atoms with Gasteiger partial charge in [-0.05, 0) is 94.0 Å². The van der Waals surface area contributed by atoms with E-state index >= 15 is 0 Å². The maximum absolute atomic E-state index is 9.42. The normalized spacial score (nSPS) is 11.1. The molecule has 0 atom stereocenters. The third-order valence-electron chi connectivity index (χ3n) is 9.31. The number of hydrogen-bond acceptors (Lipinski definition) is 4. The molecule has 0 aliphatic heterocycles. The van der Waals surface area contributed by atoms with Crippen molar-refractivity contribution in [2.24, 2.45) is 0 Å². The SMILES string of the molecule is N#Cc1ccc(-c2cc(-c3ccccc3)nc(-c3cc(-c4cccc(-c5ccccc5)c4)cc(-c4ccc5oc6ccccc6c5c4)c3)n2)cc1. The number of aromatic nitrogens is 2. The van der Waals surface area contributed by atoms with Gasteiger partial charge in [0.1, 0.15) is 11.2 Å². The lowest BCUT2D eigenvalue weighted by atomic mass is 9.93.